The van der Waals surface area contributed by atoms with Gasteiger partial charge in [0.05, 0.1) is 0 Å². The van der Waals surface area contributed by atoms with Crippen molar-refractivity contribution in [1.82, 2.24) is 15.3 Å². The zero-order chi connectivity index (χ0) is 15.4. The third-order valence-corrected chi connectivity index (χ3v) is 3.40. The van der Waals surface area contributed by atoms with Crippen molar-refractivity contribution in [2.75, 3.05) is 38.5 Å². The molecule has 0 unspecified atom stereocenters. The smallest absolute Gasteiger partial charge is 0.318 e. The predicted octanol–water partition coefficient (Wildman–Crippen LogP) is 0.351. The lowest BCUT2D eigenvalue weighted by molar-refractivity contribution is -0.139. The lowest BCUT2D eigenvalue weighted by Crippen LogP contribution is -2.54. The van der Waals surface area contributed by atoms with Crippen LogP contribution in [0.3, 0.4) is 0 Å². The lowest BCUT2D eigenvalue weighted by atomic mass is 10.2. The van der Waals surface area contributed by atoms with Gasteiger partial charge in [0.25, 0.3) is 0 Å². The molecule has 7 heteroatoms. The number of aryl methyl sites for hydroxylation is 1. The minimum atomic E-state index is -0.808. The fourth-order valence-corrected chi connectivity index (χ4v) is 1.97. The van der Waals surface area contributed by atoms with Crippen LogP contribution in [-0.2, 0) is 9.59 Å². The van der Waals surface area contributed by atoms with Gasteiger partial charge in [-0.05, 0) is 31.7 Å². The highest BCUT2D eigenvalue weighted by molar-refractivity contribution is 6.39. The minimum Gasteiger partial charge on any atom is -0.318 e. The largest absolute Gasteiger partial charge is 0.323 e. The average Bonchev–Trinajstić information content (AvgIpc) is 2.45. The number of piperazine rings is 1. The fraction of sp³-hybridized carbons (Fsp3) is 0.429. The second-order valence-electron chi connectivity index (χ2n) is 5.15. The van der Waals surface area contributed by atoms with Gasteiger partial charge in [-0.25, -0.2) is 9.40 Å². The summed E-state index contributed by atoms with van der Waals surface area (Å²) in [7, 11) is 2.00. The van der Waals surface area contributed by atoms with Crippen LogP contribution < -0.4 is 10.7 Å². The van der Waals surface area contributed by atoms with E-state index < -0.39 is 17.6 Å². The standard InChI is InChI=1S/C14H19FN4O2/c1-10-3-4-11(9-12(10)15)16-13(20)14(21)17-19-7-5-18(2)6-8-19/h3-4,9H,5-8H2,1-2H3,(H,16,20)(H,17,21). The summed E-state index contributed by atoms with van der Waals surface area (Å²) in [6.07, 6.45) is 0. The molecule has 2 N–H and O–H groups in total. The van der Waals surface area contributed by atoms with E-state index in [0.29, 0.717) is 18.7 Å². The summed E-state index contributed by atoms with van der Waals surface area (Å²) in [5.41, 5.74) is 3.29. The Labute approximate surface area is 122 Å². The van der Waals surface area contributed by atoms with Gasteiger partial charge in [0.1, 0.15) is 5.82 Å². The summed E-state index contributed by atoms with van der Waals surface area (Å²) in [5, 5.41) is 4.09. The summed E-state index contributed by atoms with van der Waals surface area (Å²) >= 11 is 0. The molecular formula is C14H19FN4O2. The average molecular weight is 294 g/mol. The molecule has 0 bridgehead atoms. The maximum Gasteiger partial charge on any atom is 0.323 e. The number of halogens is 1. The summed E-state index contributed by atoms with van der Waals surface area (Å²) in [6.45, 7) is 4.60. The maximum atomic E-state index is 13.4. The number of carbonyl (C=O) groups excluding carboxylic acids is 2. The molecule has 0 aliphatic carbocycles. The van der Waals surface area contributed by atoms with Crippen LogP contribution in [0.5, 0.6) is 0 Å². The molecule has 1 aliphatic heterocycles. The lowest BCUT2D eigenvalue weighted by Gasteiger charge is -2.32. The van der Waals surface area contributed by atoms with E-state index in [1.165, 1.54) is 6.07 Å². The summed E-state index contributed by atoms with van der Waals surface area (Å²) in [4.78, 5) is 25.7. The molecule has 1 fully saturated rings. The first-order chi connectivity index (χ1) is 9.95. The van der Waals surface area contributed by atoms with Crippen molar-refractivity contribution in [3.63, 3.8) is 0 Å². The van der Waals surface area contributed by atoms with Crippen LogP contribution in [0, 0.1) is 12.7 Å². The van der Waals surface area contributed by atoms with Crippen molar-refractivity contribution in [1.29, 1.82) is 0 Å². The molecule has 2 amide bonds. The Morgan fingerprint density at radius 3 is 2.43 bits per heavy atom. The van der Waals surface area contributed by atoms with E-state index in [1.807, 2.05) is 7.05 Å². The van der Waals surface area contributed by atoms with Gasteiger partial charge in [0.15, 0.2) is 0 Å². The number of nitrogens with one attached hydrogen (secondary N) is 2. The van der Waals surface area contributed by atoms with Crippen LogP contribution in [0.2, 0.25) is 0 Å². The monoisotopic (exact) mass is 294 g/mol. The van der Waals surface area contributed by atoms with E-state index in [-0.39, 0.29) is 5.69 Å². The van der Waals surface area contributed by atoms with Gasteiger partial charge in [-0.15, -0.1) is 0 Å². The van der Waals surface area contributed by atoms with Crippen LogP contribution in [0.25, 0.3) is 0 Å². The molecule has 21 heavy (non-hydrogen) atoms. The Kier molecular flexibility index (Phi) is 4.87. The number of nitrogens with zero attached hydrogens (tertiary/aromatic N) is 2. The highest BCUT2D eigenvalue weighted by Gasteiger charge is 2.20. The number of carbonyl (C=O) groups is 2. The molecule has 114 valence electrons. The van der Waals surface area contributed by atoms with Crippen molar-refractivity contribution < 1.29 is 14.0 Å². The van der Waals surface area contributed by atoms with Crippen molar-refractivity contribution in [2.24, 2.45) is 0 Å². The molecule has 0 radical (unpaired) electrons. The van der Waals surface area contributed by atoms with E-state index in [2.05, 4.69) is 15.6 Å². The molecule has 0 saturated carbocycles. The quantitative estimate of drug-likeness (QED) is 0.773. The molecule has 0 atom stereocenters. The number of likely N-dealkylation sites (N-methyl/N-ethyl adjacent to an activating group) is 1. The predicted molar refractivity (Wildman–Crippen MR) is 77.0 cm³/mol. The van der Waals surface area contributed by atoms with E-state index in [9.17, 15) is 14.0 Å². The molecular weight excluding hydrogens is 275 g/mol. The van der Waals surface area contributed by atoms with E-state index >= 15 is 0 Å². The topological polar surface area (TPSA) is 64.7 Å². The second kappa shape index (κ2) is 6.64. The highest BCUT2D eigenvalue weighted by Crippen LogP contribution is 2.13. The van der Waals surface area contributed by atoms with Gasteiger partial charge in [0.2, 0.25) is 0 Å². The minimum absolute atomic E-state index is 0.261. The highest BCUT2D eigenvalue weighted by atomic mass is 19.1. The Hall–Kier alpha value is -1.99. The Balaban J connectivity index is 1.87. The van der Waals surface area contributed by atoms with Crippen LogP contribution in [0.4, 0.5) is 10.1 Å². The van der Waals surface area contributed by atoms with Gasteiger partial charge in [-0.1, -0.05) is 6.07 Å². The van der Waals surface area contributed by atoms with Crippen LogP contribution >= 0.6 is 0 Å². The Morgan fingerprint density at radius 2 is 1.81 bits per heavy atom. The van der Waals surface area contributed by atoms with Gasteiger partial charge in [0, 0.05) is 31.9 Å². The molecule has 0 aromatic heterocycles. The van der Waals surface area contributed by atoms with Gasteiger partial charge < -0.3 is 10.2 Å². The molecule has 1 aromatic carbocycles. The number of benzene rings is 1. The molecule has 0 spiro atoms. The maximum absolute atomic E-state index is 13.4. The molecule has 1 heterocycles. The number of anilines is 1. The first-order valence-electron chi connectivity index (χ1n) is 6.77. The molecule has 2 rings (SSSR count). The van der Waals surface area contributed by atoms with Crippen molar-refractivity contribution in [3.8, 4) is 0 Å². The summed E-state index contributed by atoms with van der Waals surface area (Å²) in [5.74, 6) is -1.98. The summed E-state index contributed by atoms with van der Waals surface area (Å²) < 4.78 is 13.4. The Bertz CT molecular complexity index is 542. The van der Waals surface area contributed by atoms with Crippen molar-refractivity contribution in [3.05, 3.63) is 29.6 Å². The van der Waals surface area contributed by atoms with Crippen molar-refractivity contribution in [2.45, 2.75) is 6.92 Å². The normalized spacial score (nSPS) is 16.5. The fourth-order valence-electron chi connectivity index (χ4n) is 1.97. The second-order valence-corrected chi connectivity index (χ2v) is 5.15. The number of hydrogen-bond donors (Lipinski definition) is 2. The van der Waals surface area contributed by atoms with Crippen molar-refractivity contribution >= 4 is 17.5 Å². The number of hydrogen-bond acceptors (Lipinski definition) is 4. The first kappa shape index (κ1) is 15.4. The zero-order valence-electron chi connectivity index (χ0n) is 12.1. The third kappa shape index (κ3) is 4.24. The van der Waals surface area contributed by atoms with E-state index in [4.69, 9.17) is 0 Å². The van der Waals surface area contributed by atoms with Crippen LogP contribution in [-0.4, -0.2) is 54.9 Å². The van der Waals surface area contributed by atoms with Crippen LogP contribution in [0.15, 0.2) is 18.2 Å². The van der Waals surface area contributed by atoms with Gasteiger partial charge in [-0.3, -0.25) is 15.0 Å². The zero-order valence-corrected chi connectivity index (χ0v) is 12.1. The first-order valence-corrected chi connectivity index (χ1v) is 6.77. The molecule has 1 saturated heterocycles. The molecule has 6 nitrogen and oxygen atoms in total. The number of rotatable bonds is 2. The number of amides is 2. The summed E-state index contributed by atoms with van der Waals surface area (Å²) in [6, 6.07) is 4.29. The SMILES string of the molecule is Cc1ccc(NC(=O)C(=O)NN2CCN(C)CC2)cc1F. The number of hydrazine groups is 1. The Morgan fingerprint density at radius 1 is 1.14 bits per heavy atom. The van der Waals surface area contributed by atoms with Gasteiger partial charge >= 0.3 is 11.8 Å². The third-order valence-electron chi connectivity index (χ3n) is 3.40. The molecule has 1 aromatic rings. The molecule has 1 aliphatic rings. The van der Waals surface area contributed by atoms with Gasteiger partial charge in [-0.2, -0.15) is 0 Å². The van der Waals surface area contributed by atoms with E-state index in [1.54, 1.807) is 24.1 Å². The van der Waals surface area contributed by atoms with Crippen LogP contribution in [0.1, 0.15) is 5.56 Å². The van der Waals surface area contributed by atoms with E-state index in [0.717, 1.165) is 13.1 Å².